The largest absolute Gasteiger partial charge is 0.395 e. The molecule has 0 spiro atoms. The first-order valence-corrected chi connectivity index (χ1v) is 10.3. The zero-order chi connectivity index (χ0) is 24.0. The van der Waals surface area contributed by atoms with Gasteiger partial charge in [0.2, 0.25) is 0 Å². The summed E-state index contributed by atoms with van der Waals surface area (Å²) in [5.74, 6) is -1.26. The Morgan fingerprint density at radius 3 is 2.03 bits per heavy atom. The Morgan fingerprint density at radius 1 is 0.818 bits per heavy atom. The minimum atomic E-state index is -0.637. The van der Waals surface area contributed by atoms with Crippen molar-refractivity contribution in [3.8, 4) is 11.1 Å². The summed E-state index contributed by atoms with van der Waals surface area (Å²) in [4.78, 5) is 38.6. The molecule has 8 heteroatoms. The second-order valence-corrected chi connectivity index (χ2v) is 7.59. The molecule has 0 aliphatic carbocycles. The number of hydroxylamine groups is 1. The van der Waals surface area contributed by atoms with E-state index in [9.17, 15) is 19.5 Å². The molecule has 0 atom stereocenters. The number of benzene rings is 3. The number of carbonyl (C=O) groups is 3. The van der Waals surface area contributed by atoms with Crippen LogP contribution < -0.4 is 10.8 Å². The Labute approximate surface area is 191 Å². The summed E-state index contributed by atoms with van der Waals surface area (Å²) in [5.41, 5.74) is 5.48. The highest BCUT2D eigenvalue weighted by Crippen LogP contribution is 2.26. The van der Waals surface area contributed by atoms with Crippen LogP contribution in [-0.4, -0.2) is 53.1 Å². The van der Waals surface area contributed by atoms with Gasteiger partial charge in [0, 0.05) is 36.0 Å². The number of aliphatic hydroxyl groups is 1. The van der Waals surface area contributed by atoms with Crippen LogP contribution in [0.15, 0.2) is 66.7 Å². The van der Waals surface area contributed by atoms with Crippen LogP contribution in [0.4, 0.5) is 5.69 Å². The lowest BCUT2D eigenvalue weighted by molar-refractivity contribution is 0.0706. The van der Waals surface area contributed by atoms with E-state index in [0.717, 1.165) is 5.56 Å². The molecule has 0 fully saturated rings. The van der Waals surface area contributed by atoms with Gasteiger partial charge in [-0.2, -0.15) is 0 Å². The molecule has 0 saturated heterocycles. The maximum Gasteiger partial charge on any atom is 0.274 e. The Bertz CT molecular complexity index is 1160. The average molecular weight is 447 g/mol. The van der Waals surface area contributed by atoms with Crippen molar-refractivity contribution in [2.75, 3.05) is 25.5 Å². The minimum absolute atomic E-state index is 0.166. The summed E-state index contributed by atoms with van der Waals surface area (Å²) in [6.07, 6.45) is 0. The number of amides is 3. The second-order valence-electron chi connectivity index (χ2n) is 7.59. The Morgan fingerprint density at radius 2 is 1.42 bits per heavy atom. The van der Waals surface area contributed by atoms with E-state index in [-0.39, 0.29) is 30.5 Å². The average Bonchev–Trinajstić information content (AvgIpc) is 2.83. The molecular formula is C25H25N3O5. The molecular weight excluding hydrogens is 422 g/mol. The van der Waals surface area contributed by atoms with E-state index in [1.807, 2.05) is 19.1 Å². The van der Waals surface area contributed by atoms with E-state index in [0.29, 0.717) is 27.9 Å². The quantitative estimate of drug-likeness (QED) is 0.328. The van der Waals surface area contributed by atoms with Gasteiger partial charge in [0.15, 0.2) is 0 Å². The topological polar surface area (TPSA) is 119 Å². The Kier molecular flexibility index (Phi) is 7.55. The van der Waals surface area contributed by atoms with Gasteiger partial charge in [0.05, 0.1) is 6.61 Å². The van der Waals surface area contributed by atoms with Crippen molar-refractivity contribution in [3.63, 3.8) is 0 Å². The first-order valence-electron chi connectivity index (χ1n) is 10.3. The van der Waals surface area contributed by atoms with Gasteiger partial charge < -0.3 is 15.3 Å². The third kappa shape index (κ3) is 5.82. The monoisotopic (exact) mass is 447 g/mol. The van der Waals surface area contributed by atoms with Gasteiger partial charge in [-0.3, -0.25) is 19.6 Å². The number of nitrogens with one attached hydrogen (secondary N) is 2. The molecule has 0 bridgehead atoms. The molecule has 0 aromatic heterocycles. The van der Waals surface area contributed by atoms with E-state index >= 15 is 0 Å². The minimum Gasteiger partial charge on any atom is -0.395 e. The molecule has 3 aromatic carbocycles. The van der Waals surface area contributed by atoms with Gasteiger partial charge in [0.1, 0.15) is 0 Å². The molecule has 0 unspecified atom stereocenters. The molecule has 0 heterocycles. The van der Waals surface area contributed by atoms with Gasteiger partial charge in [-0.05, 0) is 60.5 Å². The fourth-order valence-corrected chi connectivity index (χ4v) is 3.25. The molecule has 0 aliphatic rings. The molecule has 3 amide bonds. The number of aryl methyl sites for hydroxylation is 1. The molecule has 3 rings (SSSR count). The number of likely N-dealkylation sites (N-methyl/N-ethyl adjacent to an activating group) is 1. The molecule has 4 N–H and O–H groups in total. The van der Waals surface area contributed by atoms with Crippen molar-refractivity contribution < 1.29 is 24.7 Å². The lowest BCUT2D eigenvalue weighted by atomic mass is 10.00. The number of hydrogen-bond acceptors (Lipinski definition) is 5. The summed E-state index contributed by atoms with van der Waals surface area (Å²) in [6, 6.07) is 18.6. The summed E-state index contributed by atoms with van der Waals surface area (Å²) >= 11 is 0. The molecule has 0 radical (unpaired) electrons. The maximum atomic E-state index is 12.9. The van der Waals surface area contributed by atoms with Crippen molar-refractivity contribution in [3.05, 3.63) is 89.0 Å². The predicted octanol–water partition coefficient (Wildman–Crippen LogP) is 3.10. The molecule has 8 nitrogen and oxygen atoms in total. The van der Waals surface area contributed by atoms with E-state index in [2.05, 4.69) is 5.32 Å². The fraction of sp³-hybridized carbons (Fsp3) is 0.160. The second kappa shape index (κ2) is 10.5. The van der Waals surface area contributed by atoms with Crippen molar-refractivity contribution in [1.82, 2.24) is 10.4 Å². The number of hydrogen-bond donors (Lipinski definition) is 4. The smallest absolute Gasteiger partial charge is 0.274 e. The number of carbonyl (C=O) groups excluding carboxylic acids is 3. The first kappa shape index (κ1) is 23.6. The highest BCUT2D eigenvalue weighted by atomic mass is 16.5. The number of nitrogens with zero attached hydrogens (tertiary/aromatic N) is 1. The Balaban J connectivity index is 1.98. The molecule has 170 valence electrons. The SMILES string of the molecule is Cc1ccc(C(=O)Nc2cc(C(=O)N(C)CCO)cc(-c3ccc(C(=O)NO)cc3)c2)cc1. The van der Waals surface area contributed by atoms with Crippen LogP contribution in [0.3, 0.4) is 0 Å². The number of aliphatic hydroxyl groups excluding tert-OH is 1. The van der Waals surface area contributed by atoms with Crippen LogP contribution in [0.2, 0.25) is 0 Å². The summed E-state index contributed by atoms with van der Waals surface area (Å²) in [7, 11) is 1.58. The van der Waals surface area contributed by atoms with Crippen LogP contribution in [0.1, 0.15) is 36.6 Å². The molecule has 0 aliphatic heterocycles. The van der Waals surface area contributed by atoms with Crippen LogP contribution in [0.5, 0.6) is 0 Å². The van der Waals surface area contributed by atoms with Crippen molar-refractivity contribution in [2.45, 2.75) is 6.92 Å². The van der Waals surface area contributed by atoms with Crippen molar-refractivity contribution in [1.29, 1.82) is 0 Å². The van der Waals surface area contributed by atoms with Crippen LogP contribution in [0.25, 0.3) is 11.1 Å². The van der Waals surface area contributed by atoms with Crippen LogP contribution >= 0.6 is 0 Å². The third-order valence-electron chi connectivity index (χ3n) is 5.12. The highest BCUT2D eigenvalue weighted by Gasteiger charge is 2.16. The van der Waals surface area contributed by atoms with E-state index < -0.39 is 5.91 Å². The third-order valence-corrected chi connectivity index (χ3v) is 5.12. The predicted molar refractivity (Wildman–Crippen MR) is 124 cm³/mol. The number of anilines is 1. The lowest BCUT2D eigenvalue weighted by Crippen LogP contribution is -2.29. The maximum absolute atomic E-state index is 12.9. The van der Waals surface area contributed by atoms with E-state index in [1.165, 1.54) is 17.0 Å². The van der Waals surface area contributed by atoms with Gasteiger partial charge in [0.25, 0.3) is 17.7 Å². The summed E-state index contributed by atoms with van der Waals surface area (Å²) in [5, 5.41) is 20.8. The molecule has 0 saturated carbocycles. The zero-order valence-corrected chi connectivity index (χ0v) is 18.3. The summed E-state index contributed by atoms with van der Waals surface area (Å²) in [6.45, 7) is 1.92. The van der Waals surface area contributed by atoms with E-state index in [1.54, 1.807) is 55.0 Å². The van der Waals surface area contributed by atoms with Crippen LogP contribution in [0, 0.1) is 6.92 Å². The zero-order valence-electron chi connectivity index (χ0n) is 18.3. The lowest BCUT2D eigenvalue weighted by Gasteiger charge is -2.18. The first-order chi connectivity index (χ1) is 15.8. The van der Waals surface area contributed by atoms with Gasteiger partial charge in [-0.1, -0.05) is 29.8 Å². The Hall–Kier alpha value is -4.01. The molecule has 3 aromatic rings. The highest BCUT2D eigenvalue weighted by molar-refractivity contribution is 6.06. The summed E-state index contributed by atoms with van der Waals surface area (Å²) < 4.78 is 0. The molecule has 33 heavy (non-hydrogen) atoms. The number of rotatable bonds is 7. The standard InChI is InChI=1S/C25H25N3O5/c1-16-3-5-18(6-4-16)23(30)26-22-14-20(13-21(15-22)25(32)28(2)11-12-29)17-7-9-19(10-8-17)24(31)27-33/h3-10,13-15,29,33H,11-12H2,1-2H3,(H,26,30)(H,27,31). The fourth-order valence-electron chi connectivity index (χ4n) is 3.25. The van der Waals surface area contributed by atoms with Crippen molar-refractivity contribution >= 4 is 23.4 Å². The normalized spacial score (nSPS) is 10.4. The van der Waals surface area contributed by atoms with Crippen molar-refractivity contribution in [2.24, 2.45) is 0 Å². The van der Waals surface area contributed by atoms with E-state index in [4.69, 9.17) is 5.21 Å². The van der Waals surface area contributed by atoms with Crippen LogP contribution in [-0.2, 0) is 0 Å². The van der Waals surface area contributed by atoms with Gasteiger partial charge >= 0.3 is 0 Å². The van der Waals surface area contributed by atoms with Gasteiger partial charge in [-0.25, -0.2) is 5.48 Å². The van der Waals surface area contributed by atoms with Gasteiger partial charge in [-0.15, -0.1) is 0 Å².